The van der Waals surface area contributed by atoms with E-state index in [0.717, 1.165) is 64.2 Å². The largest absolute Gasteiger partial charge is 0.396 e. The monoisotopic (exact) mass is 853 g/mol. The van der Waals surface area contributed by atoms with Crippen LogP contribution in [-0.4, -0.2) is 80.2 Å². The van der Waals surface area contributed by atoms with E-state index in [0.29, 0.717) is 71.0 Å². The van der Waals surface area contributed by atoms with Gasteiger partial charge in [0.15, 0.2) is 0 Å². The SMILES string of the molecule is C[C@@H](CO)CC[C@H]1O[C@H]2C=C3[C@@H]4CC[C@H]5Cc6nc7c(nc6C[C@]5(C)[C@H]4C[C@@H](O)[C@]3(C)[C@H]2[C@@H]1C)C[C@@H]1CC[C@H]2C3=C[C@@H]4O[C@H](CC[C@@H](C)CO)[C@@H](C)[C@@H]4[C@@]3(C)[C@H](O)C[C@@H]2[C@@]1(C)C7. The predicted molar refractivity (Wildman–Crippen MR) is 240 cm³/mol. The normalized spacial score (nSPS) is 51.5. The number of hydrogen-bond acceptors (Lipinski definition) is 8. The Labute approximate surface area is 372 Å². The number of aromatic nitrogens is 2. The molecule has 0 aromatic carbocycles. The van der Waals surface area contributed by atoms with Gasteiger partial charge in [0.25, 0.3) is 0 Å². The molecule has 2 aliphatic heterocycles. The Kier molecular flexibility index (Phi) is 10.3. The lowest BCUT2D eigenvalue weighted by atomic mass is 9.45. The molecule has 11 rings (SSSR count). The molecule has 0 amide bonds. The molecule has 4 N–H and O–H groups in total. The molecule has 8 heteroatoms. The van der Waals surface area contributed by atoms with E-state index < -0.39 is 0 Å². The quantitative estimate of drug-likeness (QED) is 0.193. The Morgan fingerprint density at radius 3 is 1.42 bits per heavy atom. The second kappa shape index (κ2) is 14.9. The van der Waals surface area contributed by atoms with Crippen LogP contribution in [0.1, 0.15) is 142 Å². The summed E-state index contributed by atoms with van der Waals surface area (Å²) in [5, 5.41) is 44.0. The molecule has 2 saturated heterocycles. The van der Waals surface area contributed by atoms with Crippen molar-refractivity contribution in [3.05, 3.63) is 46.1 Å². The lowest BCUT2D eigenvalue weighted by Gasteiger charge is -2.61. The Hall–Kier alpha value is -1.68. The smallest absolute Gasteiger partial charge is 0.0803 e. The van der Waals surface area contributed by atoms with Gasteiger partial charge < -0.3 is 29.9 Å². The topological polar surface area (TPSA) is 125 Å². The Morgan fingerprint density at radius 1 is 0.629 bits per heavy atom. The standard InChI is InChI=1S/C54H80N2O6/c1-27(25-57)9-15-43-29(3)49-45(61-43)19-37-33-13-11-31-17-39-41(23-51(31,5)35(33)21-47(59)53(37,49)7)55-40-18-32-12-14-34-36(52(32,6)24-42(40)56-39)22-48(60)54(8)38(34)20-46-50(54)30(4)44(62-46)16-10-28(2)26-58/h19-20,27-36,43-50,57-60H,9-18,21-26H2,1-8H3/t27-,28-,29-,30-,31+,32+,33-,34-,35+,36+,43-,44-,45+,46+,47-,48-,49+,50+,51+,52+,53-,54-/m1/s1. The molecular weight excluding hydrogens is 773 g/mol. The summed E-state index contributed by atoms with van der Waals surface area (Å²) in [7, 11) is 0. The molecule has 0 spiro atoms. The molecule has 8 aliphatic carbocycles. The first-order valence-electron chi connectivity index (χ1n) is 25.7. The zero-order valence-electron chi connectivity index (χ0n) is 39.4. The number of fused-ring (bicyclic) bond motifs is 16. The van der Waals surface area contributed by atoms with Crippen molar-refractivity contribution in [2.45, 2.75) is 182 Å². The van der Waals surface area contributed by atoms with Crippen LogP contribution in [0.4, 0.5) is 0 Å². The van der Waals surface area contributed by atoms with Gasteiger partial charge in [-0.3, -0.25) is 9.97 Å². The maximum Gasteiger partial charge on any atom is 0.0803 e. The number of ether oxygens (including phenoxy) is 2. The summed E-state index contributed by atoms with van der Waals surface area (Å²) in [5.41, 5.74) is 7.65. The number of aliphatic hydroxyl groups excluding tert-OH is 4. The molecule has 1 aromatic heterocycles. The van der Waals surface area contributed by atoms with E-state index in [4.69, 9.17) is 19.4 Å². The summed E-state index contributed by atoms with van der Waals surface area (Å²) >= 11 is 0. The summed E-state index contributed by atoms with van der Waals surface area (Å²) in [4.78, 5) is 11.3. The first-order valence-corrected chi connectivity index (χ1v) is 25.7. The first-order chi connectivity index (χ1) is 29.5. The van der Waals surface area contributed by atoms with E-state index >= 15 is 0 Å². The van der Waals surface area contributed by atoms with Crippen molar-refractivity contribution in [1.82, 2.24) is 9.97 Å². The zero-order chi connectivity index (χ0) is 43.4. The van der Waals surface area contributed by atoms with Crippen molar-refractivity contribution in [3.8, 4) is 0 Å². The predicted octanol–water partition coefficient (Wildman–Crippen LogP) is 8.25. The van der Waals surface area contributed by atoms with Crippen LogP contribution in [0.5, 0.6) is 0 Å². The average Bonchev–Trinajstić information content (AvgIpc) is 3.94. The van der Waals surface area contributed by atoms with Crippen LogP contribution in [-0.2, 0) is 35.2 Å². The summed E-state index contributed by atoms with van der Waals surface area (Å²) in [5.74, 6) is 4.91. The summed E-state index contributed by atoms with van der Waals surface area (Å²) in [6.45, 7) is 19.3. The van der Waals surface area contributed by atoms with E-state index in [2.05, 4.69) is 67.5 Å². The highest BCUT2D eigenvalue weighted by Crippen LogP contribution is 2.70. The van der Waals surface area contributed by atoms with Gasteiger partial charge >= 0.3 is 0 Å². The maximum absolute atomic E-state index is 12.4. The van der Waals surface area contributed by atoms with Gasteiger partial charge in [0.05, 0.1) is 59.4 Å². The number of rotatable bonds is 8. The lowest BCUT2D eigenvalue weighted by molar-refractivity contribution is -0.102. The van der Waals surface area contributed by atoms with Crippen molar-refractivity contribution >= 4 is 0 Å². The Balaban J connectivity index is 0.823. The second-order valence-electron chi connectivity index (χ2n) is 24.8. The van der Waals surface area contributed by atoms with E-state index in [1.54, 1.807) is 0 Å². The van der Waals surface area contributed by atoms with Crippen LogP contribution < -0.4 is 0 Å². The fourth-order valence-corrected chi connectivity index (χ4v) is 18.2. The Bertz CT molecular complexity index is 1860. The molecule has 3 heterocycles. The third-order valence-electron chi connectivity index (χ3n) is 22.0. The van der Waals surface area contributed by atoms with Gasteiger partial charge in [-0.05, 0) is 160 Å². The minimum atomic E-state index is -0.375. The molecule has 342 valence electrons. The van der Waals surface area contributed by atoms with Gasteiger partial charge in [0.1, 0.15) is 0 Å². The van der Waals surface area contributed by atoms with Crippen molar-refractivity contribution in [1.29, 1.82) is 0 Å². The summed E-state index contributed by atoms with van der Waals surface area (Å²) < 4.78 is 13.7. The molecule has 8 nitrogen and oxygen atoms in total. The van der Waals surface area contributed by atoms with Gasteiger partial charge in [-0.15, -0.1) is 0 Å². The summed E-state index contributed by atoms with van der Waals surface area (Å²) in [6, 6.07) is 0. The van der Waals surface area contributed by atoms with Crippen LogP contribution in [0.2, 0.25) is 0 Å². The van der Waals surface area contributed by atoms with Gasteiger partial charge in [-0.2, -0.15) is 0 Å². The van der Waals surface area contributed by atoms with E-state index in [-0.39, 0.29) is 71.5 Å². The van der Waals surface area contributed by atoms with Gasteiger partial charge in [0, 0.05) is 35.9 Å². The number of hydrogen-bond donors (Lipinski definition) is 4. The molecule has 1 aromatic rings. The van der Waals surface area contributed by atoms with Crippen LogP contribution >= 0.6 is 0 Å². The second-order valence-corrected chi connectivity index (χ2v) is 24.8. The highest BCUT2D eigenvalue weighted by Gasteiger charge is 2.67. The zero-order valence-corrected chi connectivity index (χ0v) is 39.4. The van der Waals surface area contributed by atoms with Crippen molar-refractivity contribution in [2.24, 2.45) is 92.7 Å². The van der Waals surface area contributed by atoms with Crippen LogP contribution in [0.15, 0.2) is 23.3 Å². The molecule has 0 radical (unpaired) electrons. The fraction of sp³-hybridized carbons (Fsp3) is 0.852. The third-order valence-corrected chi connectivity index (χ3v) is 22.0. The van der Waals surface area contributed by atoms with Gasteiger partial charge in [-0.1, -0.05) is 78.7 Å². The molecule has 10 aliphatic rings. The first kappa shape index (κ1) is 42.9. The molecule has 22 atom stereocenters. The third kappa shape index (κ3) is 5.89. The molecule has 62 heavy (non-hydrogen) atoms. The highest BCUT2D eigenvalue weighted by atomic mass is 16.5. The average molecular weight is 853 g/mol. The summed E-state index contributed by atoms with van der Waals surface area (Å²) in [6.07, 6.45) is 19.1. The van der Waals surface area contributed by atoms with E-state index in [1.807, 2.05) is 0 Å². The van der Waals surface area contributed by atoms with Crippen molar-refractivity contribution in [2.75, 3.05) is 13.2 Å². The van der Waals surface area contributed by atoms with Gasteiger partial charge in [0.2, 0.25) is 0 Å². The lowest BCUT2D eigenvalue weighted by Crippen LogP contribution is -2.58. The molecule has 0 unspecified atom stereocenters. The van der Waals surface area contributed by atoms with Crippen molar-refractivity contribution < 1.29 is 29.9 Å². The minimum Gasteiger partial charge on any atom is -0.396 e. The molecular formula is C54H80N2O6. The van der Waals surface area contributed by atoms with Crippen LogP contribution in [0.25, 0.3) is 0 Å². The molecule has 4 saturated carbocycles. The van der Waals surface area contributed by atoms with Crippen molar-refractivity contribution in [3.63, 3.8) is 0 Å². The van der Waals surface area contributed by atoms with Crippen LogP contribution in [0.3, 0.4) is 0 Å². The number of aliphatic hydroxyl groups is 4. The highest BCUT2D eigenvalue weighted by molar-refractivity contribution is 5.40. The van der Waals surface area contributed by atoms with E-state index in [1.165, 1.54) is 59.6 Å². The fourth-order valence-electron chi connectivity index (χ4n) is 18.2. The molecule has 6 fully saturated rings. The minimum absolute atomic E-state index is 0.0770. The number of nitrogens with zero attached hydrogens (tertiary/aromatic N) is 2. The molecule has 0 bridgehead atoms. The van der Waals surface area contributed by atoms with E-state index in [9.17, 15) is 20.4 Å². The van der Waals surface area contributed by atoms with Gasteiger partial charge in [-0.25, -0.2) is 0 Å². The Morgan fingerprint density at radius 2 is 1.03 bits per heavy atom. The maximum atomic E-state index is 12.4. The van der Waals surface area contributed by atoms with Crippen LogP contribution in [0, 0.1) is 92.7 Å².